The number of amides is 1. The summed E-state index contributed by atoms with van der Waals surface area (Å²) in [6.07, 6.45) is 0.914. The first-order valence-corrected chi connectivity index (χ1v) is 4.95. The fourth-order valence-electron chi connectivity index (χ4n) is 1.89. The molecule has 0 saturated carbocycles. The highest BCUT2D eigenvalue weighted by molar-refractivity contribution is 5.95. The minimum absolute atomic E-state index is 0.0643. The summed E-state index contributed by atoms with van der Waals surface area (Å²) in [6.45, 7) is 0.0643. The van der Waals surface area contributed by atoms with Gasteiger partial charge in [0.25, 0.3) is 5.91 Å². The minimum atomic E-state index is -1.09. The molecule has 2 heterocycles. The van der Waals surface area contributed by atoms with Crippen LogP contribution in [0.15, 0.2) is 18.3 Å². The molecule has 0 bridgehead atoms. The van der Waals surface area contributed by atoms with Gasteiger partial charge in [0.2, 0.25) is 0 Å². The number of carbonyl (C=O) groups excluding carboxylic acids is 1. The van der Waals surface area contributed by atoms with E-state index >= 15 is 0 Å². The van der Waals surface area contributed by atoms with Gasteiger partial charge in [0.05, 0.1) is 6.10 Å². The molecule has 2 atom stereocenters. The summed E-state index contributed by atoms with van der Waals surface area (Å²) in [7, 11) is 0. The Morgan fingerprint density at radius 2 is 2.25 bits per heavy atom. The molecular formula is C10H12N2O4. The van der Waals surface area contributed by atoms with Crippen LogP contribution in [0.4, 0.5) is 0 Å². The van der Waals surface area contributed by atoms with E-state index in [4.69, 9.17) is 5.11 Å². The molecule has 1 aliphatic rings. The zero-order chi connectivity index (χ0) is 11.7. The lowest BCUT2D eigenvalue weighted by Crippen LogP contribution is -2.40. The van der Waals surface area contributed by atoms with Crippen LogP contribution in [0, 0.1) is 0 Å². The largest absolute Gasteiger partial charge is 0.480 e. The Bertz CT molecular complexity index is 401. The number of nitrogens with one attached hydrogen (secondary N) is 1. The second-order valence-corrected chi connectivity index (χ2v) is 3.78. The van der Waals surface area contributed by atoms with Crippen molar-refractivity contribution in [3.05, 3.63) is 24.0 Å². The van der Waals surface area contributed by atoms with Crippen molar-refractivity contribution in [1.82, 2.24) is 9.88 Å². The van der Waals surface area contributed by atoms with Gasteiger partial charge < -0.3 is 20.1 Å². The summed E-state index contributed by atoms with van der Waals surface area (Å²) in [5.74, 6) is -1.48. The highest BCUT2D eigenvalue weighted by Crippen LogP contribution is 2.20. The van der Waals surface area contributed by atoms with Crippen molar-refractivity contribution in [3.8, 4) is 0 Å². The Kier molecular flexibility index (Phi) is 2.66. The molecule has 1 aliphatic heterocycles. The fourth-order valence-corrected chi connectivity index (χ4v) is 1.89. The average Bonchev–Trinajstić information content (AvgIpc) is 2.84. The van der Waals surface area contributed by atoms with Gasteiger partial charge in [-0.3, -0.25) is 4.79 Å². The summed E-state index contributed by atoms with van der Waals surface area (Å²) < 4.78 is 0. The number of nitrogens with zero attached hydrogens (tertiary/aromatic N) is 1. The van der Waals surface area contributed by atoms with Gasteiger partial charge in [-0.25, -0.2) is 4.79 Å². The quantitative estimate of drug-likeness (QED) is 0.641. The maximum absolute atomic E-state index is 11.9. The molecule has 3 N–H and O–H groups in total. The Morgan fingerprint density at radius 3 is 2.81 bits per heavy atom. The summed E-state index contributed by atoms with van der Waals surface area (Å²) in [4.78, 5) is 26.7. The van der Waals surface area contributed by atoms with Crippen molar-refractivity contribution in [2.45, 2.75) is 18.6 Å². The molecule has 0 aromatic carbocycles. The monoisotopic (exact) mass is 224 g/mol. The first-order chi connectivity index (χ1) is 7.59. The minimum Gasteiger partial charge on any atom is -0.480 e. The van der Waals surface area contributed by atoms with Crippen LogP contribution < -0.4 is 0 Å². The molecule has 1 aromatic rings. The number of β-amino-alcohol motifs (C(OH)–C–C–N with tert-alkyl or cyclic N) is 1. The molecule has 6 nitrogen and oxygen atoms in total. The summed E-state index contributed by atoms with van der Waals surface area (Å²) >= 11 is 0. The highest BCUT2D eigenvalue weighted by Gasteiger charge is 2.39. The molecular weight excluding hydrogens is 212 g/mol. The van der Waals surface area contributed by atoms with Crippen LogP contribution in [0.1, 0.15) is 16.9 Å². The van der Waals surface area contributed by atoms with Crippen molar-refractivity contribution in [1.29, 1.82) is 0 Å². The lowest BCUT2D eigenvalue weighted by Gasteiger charge is -2.20. The lowest BCUT2D eigenvalue weighted by atomic mass is 10.2. The van der Waals surface area contributed by atoms with E-state index in [1.807, 2.05) is 0 Å². The second kappa shape index (κ2) is 3.97. The van der Waals surface area contributed by atoms with E-state index in [0.29, 0.717) is 5.69 Å². The standard InChI is InChI=1S/C10H12N2O4/c13-6-4-8(10(15)16)12(5-6)9(14)7-2-1-3-11-7/h1-3,6,8,11,13H,4-5H2,(H,15,16)/t6-,8-/m0/s1. The van der Waals surface area contributed by atoms with Crippen molar-refractivity contribution in [2.75, 3.05) is 6.54 Å². The van der Waals surface area contributed by atoms with Gasteiger partial charge in [0.15, 0.2) is 0 Å². The van der Waals surface area contributed by atoms with Crippen LogP contribution in [0.5, 0.6) is 0 Å². The molecule has 1 aromatic heterocycles. The van der Waals surface area contributed by atoms with Crippen LogP contribution in [0.2, 0.25) is 0 Å². The van der Waals surface area contributed by atoms with E-state index in [-0.39, 0.29) is 13.0 Å². The third-order valence-electron chi connectivity index (χ3n) is 2.65. The molecule has 1 saturated heterocycles. The molecule has 16 heavy (non-hydrogen) atoms. The SMILES string of the molecule is O=C(O)[C@@H]1C[C@H](O)CN1C(=O)c1ccc[nH]1. The number of carboxylic acids is 1. The molecule has 86 valence electrons. The third kappa shape index (κ3) is 1.79. The number of rotatable bonds is 2. The van der Waals surface area contributed by atoms with Gasteiger partial charge in [0, 0.05) is 19.2 Å². The summed E-state index contributed by atoms with van der Waals surface area (Å²) in [5.41, 5.74) is 0.334. The molecule has 6 heteroatoms. The summed E-state index contributed by atoms with van der Waals surface area (Å²) in [5, 5.41) is 18.3. The maximum atomic E-state index is 11.9. The van der Waals surface area contributed by atoms with E-state index in [2.05, 4.69) is 4.98 Å². The number of H-pyrrole nitrogens is 1. The topological polar surface area (TPSA) is 93.6 Å². The average molecular weight is 224 g/mol. The molecule has 0 unspecified atom stereocenters. The lowest BCUT2D eigenvalue weighted by molar-refractivity contribution is -0.141. The Morgan fingerprint density at radius 1 is 1.50 bits per heavy atom. The van der Waals surface area contributed by atoms with Gasteiger partial charge in [0.1, 0.15) is 11.7 Å². The number of aromatic nitrogens is 1. The first kappa shape index (κ1) is 10.7. The van der Waals surface area contributed by atoms with Gasteiger partial charge >= 0.3 is 5.97 Å². The Balaban J connectivity index is 2.20. The molecule has 1 fully saturated rings. The number of likely N-dealkylation sites (tertiary alicyclic amines) is 1. The molecule has 0 spiro atoms. The number of carboxylic acid groups (broad SMARTS) is 1. The van der Waals surface area contributed by atoms with Crippen LogP contribution in [0.25, 0.3) is 0 Å². The van der Waals surface area contributed by atoms with E-state index in [1.165, 1.54) is 4.90 Å². The fraction of sp³-hybridized carbons (Fsp3) is 0.400. The van der Waals surface area contributed by atoms with Crippen molar-refractivity contribution >= 4 is 11.9 Å². The predicted octanol–water partition coefficient (Wildman–Crippen LogP) is -0.325. The number of aliphatic carboxylic acids is 1. The number of aliphatic hydroxyl groups excluding tert-OH is 1. The number of aromatic amines is 1. The van der Waals surface area contributed by atoms with Gasteiger partial charge in [-0.15, -0.1) is 0 Å². The smallest absolute Gasteiger partial charge is 0.326 e. The van der Waals surface area contributed by atoms with Crippen LogP contribution >= 0.6 is 0 Å². The molecule has 0 radical (unpaired) electrons. The van der Waals surface area contributed by atoms with E-state index < -0.39 is 24.0 Å². The van der Waals surface area contributed by atoms with E-state index in [9.17, 15) is 14.7 Å². The predicted molar refractivity (Wildman–Crippen MR) is 53.9 cm³/mol. The number of aliphatic hydroxyl groups is 1. The highest BCUT2D eigenvalue weighted by atomic mass is 16.4. The zero-order valence-corrected chi connectivity index (χ0v) is 8.46. The van der Waals surface area contributed by atoms with Gasteiger partial charge in [-0.05, 0) is 12.1 Å². The second-order valence-electron chi connectivity index (χ2n) is 3.78. The zero-order valence-electron chi connectivity index (χ0n) is 8.46. The first-order valence-electron chi connectivity index (χ1n) is 4.95. The normalized spacial score (nSPS) is 24.7. The Labute approximate surface area is 91.5 Å². The van der Waals surface area contributed by atoms with E-state index in [0.717, 1.165) is 0 Å². The van der Waals surface area contributed by atoms with Crippen LogP contribution in [0.3, 0.4) is 0 Å². The number of hydrogen-bond acceptors (Lipinski definition) is 3. The molecule has 0 aliphatic carbocycles. The Hall–Kier alpha value is -1.82. The van der Waals surface area contributed by atoms with Crippen molar-refractivity contribution in [2.24, 2.45) is 0 Å². The molecule has 1 amide bonds. The number of carbonyl (C=O) groups is 2. The summed E-state index contributed by atoms with van der Waals surface area (Å²) in [6, 6.07) is 2.30. The van der Waals surface area contributed by atoms with Crippen LogP contribution in [-0.4, -0.2) is 50.7 Å². The number of hydrogen-bond donors (Lipinski definition) is 3. The van der Waals surface area contributed by atoms with Crippen LogP contribution in [-0.2, 0) is 4.79 Å². The third-order valence-corrected chi connectivity index (χ3v) is 2.65. The van der Waals surface area contributed by atoms with Gasteiger partial charge in [-0.2, -0.15) is 0 Å². The van der Waals surface area contributed by atoms with Crippen molar-refractivity contribution in [3.63, 3.8) is 0 Å². The molecule has 2 rings (SSSR count). The van der Waals surface area contributed by atoms with E-state index in [1.54, 1.807) is 18.3 Å². The maximum Gasteiger partial charge on any atom is 0.326 e. The van der Waals surface area contributed by atoms with Crippen molar-refractivity contribution < 1.29 is 19.8 Å². The van der Waals surface area contributed by atoms with Gasteiger partial charge in [-0.1, -0.05) is 0 Å².